The van der Waals surface area contributed by atoms with E-state index in [2.05, 4.69) is 10.6 Å². The normalized spacial score (nSPS) is 10.0. The average molecular weight is 304 g/mol. The molecule has 108 valence electrons. The van der Waals surface area contributed by atoms with E-state index >= 15 is 0 Å². The molecule has 0 aliphatic rings. The molecular formula is C15H12ClN2O3-. The van der Waals surface area contributed by atoms with Crippen LogP contribution in [0.4, 0.5) is 16.2 Å². The number of urea groups is 1. The van der Waals surface area contributed by atoms with E-state index in [0.29, 0.717) is 10.7 Å². The van der Waals surface area contributed by atoms with Crippen LogP contribution in [-0.2, 0) is 0 Å². The molecule has 0 aliphatic carbocycles. The van der Waals surface area contributed by atoms with E-state index in [1.807, 2.05) is 0 Å². The Hall–Kier alpha value is -2.53. The van der Waals surface area contributed by atoms with Crippen molar-refractivity contribution >= 4 is 35.0 Å². The highest BCUT2D eigenvalue weighted by molar-refractivity contribution is 6.30. The van der Waals surface area contributed by atoms with E-state index in [0.717, 1.165) is 5.56 Å². The molecule has 21 heavy (non-hydrogen) atoms. The summed E-state index contributed by atoms with van der Waals surface area (Å²) < 4.78 is 0. The second-order valence-corrected chi connectivity index (χ2v) is 4.86. The van der Waals surface area contributed by atoms with E-state index in [4.69, 9.17) is 11.6 Å². The highest BCUT2D eigenvalue weighted by Crippen LogP contribution is 2.18. The largest absolute Gasteiger partial charge is 0.545 e. The maximum absolute atomic E-state index is 11.9. The Morgan fingerprint density at radius 2 is 1.86 bits per heavy atom. The van der Waals surface area contributed by atoms with Gasteiger partial charge < -0.3 is 20.5 Å². The molecule has 0 saturated heterocycles. The van der Waals surface area contributed by atoms with Crippen molar-refractivity contribution in [2.45, 2.75) is 6.92 Å². The van der Waals surface area contributed by atoms with Gasteiger partial charge in [0.2, 0.25) is 0 Å². The van der Waals surface area contributed by atoms with Crippen molar-refractivity contribution < 1.29 is 14.7 Å². The number of hydrogen-bond donors (Lipinski definition) is 2. The number of carboxylic acids is 1. The molecule has 0 unspecified atom stereocenters. The second kappa shape index (κ2) is 6.28. The number of aryl methyl sites for hydroxylation is 1. The number of nitrogens with one attached hydrogen (secondary N) is 2. The van der Waals surface area contributed by atoms with Gasteiger partial charge in [0, 0.05) is 16.3 Å². The number of hydrogen-bond acceptors (Lipinski definition) is 3. The Bertz CT molecular complexity index is 701. The molecule has 2 aromatic rings. The molecule has 2 N–H and O–H groups in total. The van der Waals surface area contributed by atoms with Crippen LogP contribution in [0.15, 0.2) is 42.5 Å². The van der Waals surface area contributed by atoms with Gasteiger partial charge in [-0.25, -0.2) is 4.79 Å². The molecule has 0 aliphatic heterocycles. The van der Waals surface area contributed by atoms with Crippen molar-refractivity contribution in [1.82, 2.24) is 0 Å². The van der Waals surface area contributed by atoms with E-state index in [1.165, 1.54) is 12.1 Å². The molecule has 0 radical (unpaired) electrons. The summed E-state index contributed by atoms with van der Waals surface area (Å²) in [4.78, 5) is 22.9. The Morgan fingerprint density at radius 3 is 2.52 bits per heavy atom. The van der Waals surface area contributed by atoms with Gasteiger partial charge in [0.1, 0.15) is 0 Å². The molecule has 5 nitrogen and oxygen atoms in total. The van der Waals surface area contributed by atoms with Crippen molar-refractivity contribution in [3.05, 3.63) is 58.6 Å². The van der Waals surface area contributed by atoms with Gasteiger partial charge in [-0.15, -0.1) is 0 Å². The Morgan fingerprint density at radius 1 is 1.10 bits per heavy atom. The van der Waals surface area contributed by atoms with Crippen molar-refractivity contribution in [3.8, 4) is 0 Å². The topological polar surface area (TPSA) is 81.3 Å². The number of aromatic carboxylic acids is 1. The molecular weight excluding hydrogens is 292 g/mol. The minimum absolute atomic E-state index is 0.0729. The van der Waals surface area contributed by atoms with Gasteiger partial charge in [0.25, 0.3) is 0 Å². The number of carbonyl (C=O) groups is 2. The summed E-state index contributed by atoms with van der Waals surface area (Å²) in [5.41, 5.74) is 1.36. The SMILES string of the molecule is Cc1ccc(NC(=O)Nc2cccc(Cl)c2)c(C(=O)[O-])c1. The summed E-state index contributed by atoms with van der Waals surface area (Å²) in [6, 6.07) is 10.7. The highest BCUT2D eigenvalue weighted by Gasteiger charge is 2.08. The Labute approximate surface area is 126 Å². The molecule has 0 heterocycles. The molecule has 6 heteroatoms. The third-order valence-electron chi connectivity index (χ3n) is 2.73. The maximum atomic E-state index is 11.9. The first-order valence-corrected chi connectivity index (χ1v) is 6.49. The van der Waals surface area contributed by atoms with Gasteiger partial charge in [-0.05, 0) is 37.3 Å². The zero-order valence-corrected chi connectivity index (χ0v) is 11.9. The monoisotopic (exact) mass is 303 g/mol. The standard InChI is InChI=1S/C15H13ClN2O3/c1-9-5-6-13(12(7-9)14(19)20)18-15(21)17-11-4-2-3-10(16)8-11/h2-8H,1H3,(H,19,20)(H2,17,18,21)/p-1. The van der Waals surface area contributed by atoms with Crippen molar-refractivity contribution in [2.75, 3.05) is 10.6 Å². The van der Waals surface area contributed by atoms with Crippen LogP contribution in [0.2, 0.25) is 5.02 Å². The first kappa shape index (κ1) is 14.9. The highest BCUT2D eigenvalue weighted by atomic mass is 35.5. The lowest BCUT2D eigenvalue weighted by Gasteiger charge is -2.13. The molecule has 0 bridgehead atoms. The molecule has 2 aromatic carbocycles. The van der Waals surface area contributed by atoms with Crippen LogP contribution in [-0.4, -0.2) is 12.0 Å². The lowest BCUT2D eigenvalue weighted by molar-refractivity contribution is -0.254. The minimum Gasteiger partial charge on any atom is -0.545 e. The lowest BCUT2D eigenvalue weighted by atomic mass is 10.1. The summed E-state index contributed by atoms with van der Waals surface area (Å²) >= 11 is 5.82. The van der Waals surface area contributed by atoms with Crippen LogP contribution in [0.1, 0.15) is 15.9 Å². The zero-order valence-electron chi connectivity index (χ0n) is 11.1. The predicted molar refractivity (Wildman–Crippen MR) is 79.6 cm³/mol. The summed E-state index contributed by atoms with van der Waals surface area (Å²) in [7, 11) is 0. The summed E-state index contributed by atoms with van der Waals surface area (Å²) in [6.07, 6.45) is 0. The molecule has 2 rings (SSSR count). The molecule has 2 amide bonds. The summed E-state index contributed by atoms with van der Waals surface area (Å²) in [6.45, 7) is 1.75. The Balaban J connectivity index is 2.15. The molecule has 0 saturated carbocycles. The van der Waals surface area contributed by atoms with Crippen LogP contribution in [0, 0.1) is 6.92 Å². The smallest absolute Gasteiger partial charge is 0.323 e. The number of anilines is 2. The van der Waals surface area contributed by atoms with Crippen molar-refractivity contribution in [2.24, 2.45) is 0 Å². The minimum atomic E-state index is -1.35. The lowest BCUT2D eigenvalue weighted by Crippen LogP contribution is -2.26. The fourth-order valence-electron chi connectivity index (χ4n) is 1.79. The molecule has 0 aromatic heterocycles. The van der Waals surface area contributed by atoms with Crippen molar-refractivity contribution in [1.29, 1.82) is 0 Å². The van der Waals surface area contributed by atoms with Crippen LogP contribution < -0.4 is 15.7 Å². The number of rotatable bonds is 3. The third-order valence-corrected chi connectivity index (χ3v) is 2.96. The van der Waals surface area contributed by atoms with Crippen LogP contribution in [0.25, 0.3) is 0 Å². The molecule has 0 atom stereocenters. The number of carbonyl (C=O) groups excluding carboxylic acids is 2. The van der Waals surface area contributed by atoms with Gasteiger partial charge >= 0.3 is 6.03 Å². The first-order valence-electron chi connectivity index (χ1n) is 6.11. The fourth-order valence-corrected chi connectivity index (χ4v) is 1.98. The number of halogens is 1. The first-order chi connectivity index (χ1) is 9.95. The summed E-state index contributed by atoms with van der Waals surface area (Å²) in [5.74, 6) is -1.35. The maximum Gasteiger partial charge on any atom is 0.323 e. The fraction of sp³-hybridized carbons (Fsp3) is 0.0667. The molecule has 0 fully saturated rings. The van der Waals surface area contributed by atoms with E-state index in [9.17, 15) is 14.7 Å². The Kier molecular flexibility index (Phi) is 4.45. The van der Waals surface area contributed by atoms with Gasteiger partial charge in [-0.3, -0.25) is 0 Å². The number of carboxylic acid groups (broad SMARTS) is 1. The van der Waals surface area contributed by atoms with Crippen molar-refractivity contribution in [3.63, 3.8) is 0 Å². The third kappa shape index (κ3) is 3.97. The summed E-state index contributed by atoms with van der Waals surface area (Å²) in [5, 5.41) is 16.6. The average Bonchev–Trinajstić information content (AvgIpc) is 2.40. The number of benzene rings is 2. The van der Waals surface area contributed by atoms with Crippen LogP contribution in [0.3, 0.4) is 0 Å². The predicted octanol–water partition coefficient (Wildman–Crippen LogP) is 2.66. The number of amides is 2. The van der Waals surface area contributed by atoms with Gasteiger partial charge in [-0.2, -0.15) is 0 Å². The van der Waals surface area contributed by atoms with Gasteiger partial charge in [-0.1, -0.05) is 29.3 Å². The van der Waals surface area contributed by atoms with Crippen LogP contribution >= 0.6 is 11.6 Å². The van der Waals surface area contributed by atoms with Crippen LogP contribution in [0.5, 0.6) is 0 Å². The zero-order chi connectivity index (χ0) is 15.4. The van der Waals surface area contributed by atoms with E-state index < -0.39 is 12.0 Å². The van der Waals surface area contributed by atoms with E-state index in [-0.39, 0.29) is 11.3 Å². The van der Waals surface area contributed by atoms with Gasteiger partial charge in [0.15, 0.2) is 0 Å². The van der Waals surface area contributed by atoms with Gasteiger partial charge in [0.05, 0.1) is 11.7 Å². The molecule has 0 spiro atoms. The second-order valence-electron chi connectivity index (χ2n) is 4.43. The van der Waals surface area contributed by atoms with E-state index in [1.54, 1.807) is 37.3 Å². The quantitative estimate of drug-likeness (QED) is 0.914.